The van der Waals surface area contributed by atoms with Crippen molar-refractivity contribution in [2.45, 2.75) is 43.7 Å². The van der Waals surface area contributed by atoms with Gasteiger partial charge < -0.3 is 15.0 Å². The van der Waals surface area contributed by atoms with E-state index in [0.29, 0.717) is 43.1 Å². The highest BCUT2D eigenvalue weighted by molar-refractivity contribution is 6.30. The summed E-state index contributed by atoms with van der Waals surface area (Å²) in [6, 6.07) is 10.6. The first-order valence-electron chi connectivity index (χ1n) is 12.2. The number of benzene rings is 1. The number of ether oxygens (including phenoxy) is 1. The van der Waals surface area contributed by atoms with Crippen molar-refractivity contribution in [1.29, 1.82) is 0 Å². The lowest BCUT2D eigenvalue weighted by molar-refractivity contribution is -0.137. The Labute approximate surface area is 209 Å². The van der Waals surface area contributed by atoms with E-state index in [1.54, 1.807) is 30.6 Å². The topological polar surface area (TPSA) is 91.8 Å². The van der Waals surface area contributed by atoms with Crippen LogP contribution in [0.3, 0.4) is 0 Å². The Morgan fingerprint density at radius 1 is 1.17 bits per heavy atom. The molecular weight excluding hydrogens is 468 g/mol. The molecule has 0 bridgehead atoms. The third-order valence-corrected chi connectivity index (χ3v) is 7.60. The maximum absolute atomic E-state index is 13.9. The summed E-state index contributed by atoms with van der Waals surface area (Å²) in [6.45, 7) is 1.94. The second kappa shape index (κ2) is 9.95. The van der Waals surface area contributed by atoms with Crippen molar-refractivity contribution in [1.82, 2.24) is 20.1 Å². The number of aromatic nitrogens is 1. The molecule has 1 aromatic heterocycles. The first-order chi connectivity index (χ1) is 17.0. The van der Waals surface area contributed by atoms with Crippen LogP contribution in [-0.4, -0.2) is 65.0 Å². The summed E-state index contributed by atoms with van der Waals surface area (Å²) >= 11 is 6.06. The van der Waals surface area contributed by atoms with Crippen molar-refractivity contribution in [3.05, 3.63) is 64.9 Å². The predicted molar refractivity (Wildman–Crippen MR) is 130 cm³/mol. The molecule has 3 aliphatic rings. The van der Waals surface area contributed by atoms with Crippen molar-refractivity contribution in [2.75, 3.05) is 26.2 Å². The molecule has 3 saturated heterocycles. The molecule has 4 amide bonds. The number of hydrogen-bond acceptors (Lipinski definition) is 5. The number of imide groups is 1. The van der Waals surface area contributed by atoms with Crippen LogP contribution in [0.15, 0.2) is 48.8 Å². The van der Waals surface area contributed by atoms with E-state index in [9.17, 15) is 14.4 Å². The Morgan fingerprint density at radius 2 is 2.00 bits per heavy atom. The zero-order valence-electron chi connectivity index (χ0n) is 19.5. The highest BCUT2D eigenvalue weighted by Gasteiger charge is 2.57. The number of amides is 4. The van der Waals surface area contributed by atoms with Gasteiger partial charge in [0.2, 0.25) is 5.91 Å². The Balaban J connectivity index is 1.33. The van der Waals surface area contributed by atoms with Crippen LogP contribution in [0.2, 0.25) is 5.02 Å². The predicted octanol–water partition coefficient (Wildman–Crippen LogP) is 3.14. The molecule has 2 atom stereocenters. The molecule has 2 aromatic rings. The van der Waals surface area contributed by atoms with E-state index in [1.807, 2.05) is 23.1 Å². The fourth-order valence-corrected chi connectivity index (χ4v) is 5.76. The van der Waals surface area contributed by atoms with Crippen molar-refractivity contribution in [2.24, 2.45) is 5.92 Å². The van der Waals surface area contributed by atoms with Gasteiger partial charge in [0.25, 0.3) is 5.91 Å². The van der Waals surface area contributed by atoms with Crippen LogP contribution in [0, 0.1) is 5.92 Å². The van der Waals surface area contributed by atoms with Crippen LogP contribution in [0.25, 0.3) is 0 Å². The number of carbonyl (C=O) groups is 3. The van der Waals surface area contributed by atoms with Gasteiger partial charge in [0.05, 0.1) is 19.1 Å². The van der Waals surface area contributed by atoms with Gasteiger partial charge in [-0.3, -0.25) is 19.5 Å². The Kier molecular flexibility index (Phi) is 6.75. The first-order valence-corrected chi connectivity index (χ1v) is 12.5. The number of nitrogens with one attached hydrogen (secondary N) is 1. The number of rotatable bonds is 6. The number of pyridine rings is 1. The molecule has 0 spiro atoms. The smallest absolute Gasteiger partial charge is 0.325 e. The summed E-state index contributed by atoms with van der Waals surface area (Å²) in [5, 5.41) is 3.65. The van der Waals surface area contributed by atoms with Gasteiger partial charge in [0, 0.05) is 42.7 Å². The summed E-state index contributed by atoms with van der Waals surface area (Å²) < 4.78 is 5.69. The van der Waals surface area contributed by atoms with Crippen LogP contribution >= 0.6 is 11.6 Å². The van der Waals surface area contributed by atoms with Gasteiger partial charge in [-0.25, -0.2) is 4.79 Å². The molecule has 0 saturated carbocycles. The fraction of sp³-hybridized carbons (Fsp3) is 0.462. The highest BCUT2D eigenvalue weighted by Crippen LogP contribution is 2.41. The van der Waals surface area contributed by atoms with E-state index in [-0.39, 0.29) is 36.8 Å². The van der Waals surface area contributed by atoms with E-state index in [1.165, 1.54) is 4.90 Å². The molecule has 0 radical (unpaired) electrons. The number of urea groups is 1. The molecule has 5 rings (SSSR count). The Bertz CT molecular complexity index is 1100. The number of hydrogen-bond donors (Lipinski definition) is 1. The number of nitrogens with zero attached hydrogens (tertiary/aromatic N) is 3. The zero-order chi connectivity index (χ0) is 24.4. The van der Waals surface area contributed by atoms with Crippen LogP contribution in [0.1, 0.15) is 36.8 Å². The number of halogens is 1. The SMILES string of the molecule is O=C(Cc1cccc(Cl)c1)N1CCC([C@]2(c3cccnc3)NC(=O)N(C[C@H]3CCCO3)C2=O)CC1. The fourth-order valence-electron chi connectivity index (χ4n) is 5.55. The molecule has 35 heavy (non-hydrogen) atoms. The quantitative estimate of drug-likeness (QED) is 0.620. The average Bonchev–Trinajstić information content (AvgIpc) is 3.47. The normalized spacial score (nSPS) is 25.2. The van der Waals surface area contributed by atoms with Gasteiger partial charge in [-0.15, -0.1) is 0 Å². The maximum Gasteiger partial charge on any atom is 0.325 e. The van der Waals surface area contributed by atoms with Crippen molar-refractivity contribution >= 4 is 29.4 Å². The van der Waals surface area contributed by atoms with Crippen molar-refractivity contribution < 1.29 is 19.1 Å². The van der Waals surface area contributed by atoms with E-state index in [0.717, 1.165) is 18.4 Å². The highest BCUT2D eigenvalue weighted by atomic mass is 35.5. The second-order valence-corrected chi connectivity index (χ2v) is 9.93. The molecule has 8 nitrogen and oxygen atoms in total. The summed E-state index contributed by atoms with van der Waals surface area (Å²) in [4.78, 5) is 47.2. The minimum Gasteiger partial charge on any atom is -0.376 e. The first kappa shape index (κ1) is 23.8. The lowest BCUT2D eigenvalue weighted by atomic mass is 9.73. The molecule has 184 valence electrons. The molecule has 1 aromatic carbocycles. The largest absolute Gasteiger partial charge is 0.376 e. The van der Waals surface area contributed by atoms with Crippen LogP contribution in [-0.2, 0) is 26.3 Å². The van der Waals surface area contributed by atoms with E-state index in [4.69, 9.17) is 16.3 Å². The lowest BCUT2D eigenvalue weighted by Gasteiger charge is -2.41. The Morgan fingerprint density at radius 3 is 2.69 bits per heavy atom. The van der Waals surface area contributed by atoms with E-state index in [2.05, 4.69) is 10.3 Å². The maximum atomic E-state index is 13.9. The summed E-state index contributed by atoms with van der Waals surface area (Å²) in [7, 11) is 0. The molecule has 3 fully saturated rings. The Hall–Kier alpha value is -2.97. The molecule has 0 unspecified atom stereocenters. The van der Waals surface area contributed by atoms with Gasteiger partial charge in [0.1, 0.15) is 0 Å². The molecule has 3 aliphatic heterocycles. The average molecular weight is 497 g/mol. The van der Waals surface area contributed by atoms with Crippen molar-refractivity contribution in [3.8, 4) is 0 Å². The van der Waals surface area contributed by atoms with Gasteiger partial charge in [-0.05, 0) is 55.4 Å². The van der Waals surface area contributed by atoms with Crippen LogP contribution in [0.4, 0.5) is 4.79 Å². The summed E-state index contributed by atoms with van der Waals surface area (Å²) in [5.74, 6) is -0.384. The lowest BCUT2D eigenvalue weighted by Crippen LogP contribution is -2.54. The molecule has 4 heterocycles. The number of carbonyl (C=O) groups excluding carboxylic acids is 3. The van der Waals surface area contributed by atoms with Crippen LogP contribution < -0.4 is 5.32 Å². The van der Waals surface area contributed by atoms with Gasteiger partial charge in [-0.2, -0.15) is 0 Å². The number of piperidine rings is 1. The van der Waals surface area contributed by atoms with Gasteiger partial charge >= 0.3 is 6.03 Å². The van der Waals surface area contributed by atoms with Crippen molar-refractivity contribution in [3.63, 3.8) is 0 Å². The zero-order valence-corrected chi connectivity index (χ0v) is 20.2. The van der Waals surface area contributed by atoms with E-state index >= 15 is 0 Å². The van der Waals surface area contributed by atoms with Gasteiger partial charge in [0.15, 0.2) is 5.54 Å². The van der Waals surface area contributed by atoms with E-state index < -0.39 is 11.6 Å². The monoisotopic (exact) mass is 496 g/mol. The molecule has 1 N–H and O–H groups in total. The number of likely N-dealkylation sites (tertiary alicyclic amines) is 1. The van der Waals surface area contributed by atoms with Crippen LogP contribution in [0.5, 0.6) is 0 Å². The molecule has 0 aliphatic carbocycles. The minimum atomic E-state index is -1.19. The minimum absolute atomic E-state index is 0.0305. The third-order valence-electron chi connectivity index (χ3n) is 7.36. The third kappa shape index (κ3) is 4.65. The second-order valence-electron chi connectivity index (χ2n) is 9.49. The standard InChI is InChI=1S/C26H29ClN4O4/c27-21-6-1-4-18(14-21)15-23(32)30-11-8-19(9-12-30)26(20-5-2-10-28-16-20)24(33)31(25(34)29-26)17-22-7-3-13-35-22/h1-2,4-6,10,14,16,19,22H,3,7-9,11-13,15,17H2,(H,29,34)/t22-,26-/m1/s1. The molecule has 9 heteroatoms. The summed E-state index contributed by atoms with van der Waals surface area (Å²) in [5.41, 5.74) is 0.364. The van der Waals surface area contributed by atoms with Gasteiger partial charge in [-0.1, -0.05) is 29.8 Å². The molecular formula is C26H29ClN4O4. The summed E-state index contributed by atoms with van der Waals surface area (Å²) in [6.07, 6.45) is 6.42.